The number of hydrogen-bond donors (Lipinski definition) is 4. The Hall–Kier alpha value is -5.17. The Bertz CT molecular complexity index is 759. The second-order valence-corrected chi connectivity index (χ2v) is 4.23. The second kappa shape index (κ2) is 11.7. The Morgan fingerprint density at radius 3 is 0.656 bits per heavy atom. The molecule has 0 amide bonds. The van der Waals surface area contributed by atoms with E-state index in [1.807, 2.05) is 0 Å². The van der Waals surface area contributed by atoms with Crippen molar-refractivity contribution >= 4 is 74.3 Å². The van der Waals surface area contributed by atoms with Gasteiger partial charge in [-0.15, -0.1) is 0 Å². The van der Waals surface area contributed by atoms with Crippen LogP contribution in [0.2, 0.25) is 0 Å². The molecule has 0 aromatic heterocycles. The molecule has 0 saturated carbocycles. The Morgan fingerprint density at radius 1 is 0.344 bits per heavy atom. The van der Waals surface area contributed by atoms with E-state index in [0.29, 0.717) is 0 Å². The molecule has 32 heavy (non-hydrogen) atoms. The maximum absolute atomic E-state index is 11.5. The molecule has 0 rings (SSSR count). The van der Waals surface area contributed by atoms with Gasteiger partial charge in [0.1, 0.15) is 0 Å². The van der Waals surface area contributed by atoms with Crippen LogP contribution in [0.15, 0.2) is 0 Å². The molecule has 0 atom stereocenters. The highest BCUT2D eigenvalue weighted by Gasteiger charge is 2.45. The van der Waals surface area contributed by atoms with Gasteiger partial charge >= 0.3 is 74.3 Å². The summed E-state index contributed by atoms with van der Waals surface area (Å²) in [5.41, 5.74) is 0. The third-order valence-corrected chi connectivity index (χ3v) is 2.08. The van der Waals surface area contributed by atoms with Crippen LogP contribution in [0.25, 0.3) is 0 Å². The highest BCUT2D eigenvalue weighted by Crippen LogP contribution is 2.01. The van der Waals surface area contributed by atoms with Gasteiger partial charge in [0, 0.05) is 0 Å². The molecule has 0 unspecified atom stereocenters. The lowest BCUT2D eigenvalue weighted by molar-refractivity contribution is -0.170. The topological polar surface area (TPSA) is 307 Å². The molecule has 0 heterocycles. The maximum Gasteiger partial charge on any atom is 0.871 e. The Kier molecular flexibility index (Phi) is 9.84. The summed E-state index contributed by atoms with van der Waals surface area (Å²) in [6.45, 7) is 0. The summed E-state index contributed by atoms with van der Waals surface area (Å²) in [4.78, 5) is 108. The minimum atomic E-state index is -3.12. The summed E-state index contributed by atoms with van der Waals surface area (Å²) in [6.07, 6.45) is 0. The van der Waals surface area contributed by atoms with Crippen LogP contribution in [0, 0.1) is 0 Å². The normalized spacial score (nSPS) is 9.12. The predicted molar refractivity (Wildman–Crippen MR) is 78.6 cm³/mol. The van der Waals surface area contributed by atoms with Gasteiger partial charge in [-0.25, -0.2) is 47.9 Å². The van der Waals surface area contributed by atoms with E-state index in [2.05, 4.69) is 27.9 Å². The lowest BCUT2D eigenvalue weighted by atomic mass is 10.2. The smallest absolute Gasteiger partial charge is 0.473 e. The van der Waals surface area contributed by atoms with Crippen molar-refractivity contribution in [2.24, 2.45) is 0 Å². The van der Waals surface area contributed by atoms with Crippen LogP contribution in [-0.2, 0) is 75.9 Å². The van der Waals surface area contributed by atoms with Crippen LogP contribution in [0.4, 0.5) is 0 Å². The number of rotatable bonds is 6. The molecule has 0 fully saturated rings. The average Bonchev–Trinajstić information content (AvgIpc) is 2.66. The van der Waals surface area contributed by atoms with Crippen molar-refractivity contribution in [2.75, 3.05) is 0 Å². The zero-order chi connectivity index (χ0) is 25.2. The van der Waals surface area contributed by atoms with E-state index in [0.717, 1.165) is 0 Å². The predicted octanol–water partition coefficient (Wildman–Crippen LogP) is -5.45. The van der Waals surface area contributed by atoms with Gasteiger partial charge in [-0.1, -0.05) is 0 Å². The fourth-order valence-electron chi connectivity index (χ4n) is 0.967. The van der Waals surface area contributed by atoms with Crippen molar-refractivity contribution in [1.82, 2.24) is 0 Å². The van der Waals surface area contributed by atoms with Crippen LogP contribution in [0.3, 0.4) is 0 Å². The molecule has 0 saturated heterocycles. The van der Waals surface area contributed by atoms with Crippen molar-refractivity contribution in [3.63, 3.8) is 0 Å². The zero-order valence-corrected chi connectivity index (χ0v) is 14.5. The molecule has 22 heteroatoms. The monoisotopic (exact) mass is 466 g/mol. The Labute approximate surface area is 171 Å². The standard InChI is InChI=1S/C10H4B2O20/c13-1(14)5(21)27-11(28-6(22)2(15)16)31-9(25)10(26)32-12(29-7(23)3(17)18)30-8(24)4(19)20/h(H,13,14)(H,15,16)(H,17,18)(H,19,20). The van der Waals surface area contributed by atoms with Crippen LogP contribution >= 0.6 is 0 Å². The minimum Gasteiger partial charge on any atom is -0.473 e. The highest BCUT2D eigenvalue weighted by atomic mass is 16.8. The molecule has 0 aromatic carbocycles. The summed E-state index contributed by atoms with van der Waals surface area (Å²) < 4.78 is 22.6. The number of carboxylic acids is 4. The van der Waals surface area contributed by atoms with Crippen molar-refractivity contribution in [3.05, 3.63) is 0 Å². The molecular weight excluding hydrogens is 462 g/mol. The van der Waals surface area contributed by atoms with E-state index in [9.17, 15) is 47.9 Å². The van der Waals surface area contributed by atoms with Gasteiger partial charge in [0.05, 0.1) is 0 Å². The van der Waals surface area contributed by atoms with Crippen molar-refractivity contribution < 1.29 is 96.3 Å². The number of carbonyl (C=O) groups excluding carboxylic acids is 6. The number of aliphatic carboxylic acids is 4. The fraction of sp³-hybridized carbons (Fsp3) is 0. The van der Waals surface area contributed by atoms with Crippen molar-refractivity contribution in [1.29, 1.82) is 0 Å². The zero-order valence-electron chi connectivity index (χ0n) is 14.5. The molecule has 0 aliphatic rings. The molecule has 0 aliphatic carbocycles. The summed E-state index contributed by atoms with van der Waals surface area (Å²) in [7, 11) is -6.24. The van der Waals surface area contributed by atoms with E-state index < -0.39 is 74.3 Å². The first kappa shape index (κ1) is 26.8. The molecule has 0 bridgehead atoms. The van der Waals surface area contributed by atoms with Crippen LogP contribution < -0.4 is 0 Å². The first-order valence-electron chi connectivity index (χ1n) is 6.82. The highest BCUT2D eigenvalue weighted by molar-refractivity contribution is 6.56. The van der Waals surface area contributed by atoms with Gasteiger partial charge in [-0.3, -0.25) is 0 Å². The largest absolute Gasteiger partial charge is 0.871 e. The number of carboxylic acid groups (broad SMARTS) is 4. The van der Waals surface area contributed by atoms with E-state index in [4.69, 9.17) is 20.4 Å². The van der Waals surface area contributed by atoms with Gasteiger partial charge in [-0.05, 0) is 0 Å². The van der Waals surface area contributed by atoms with Crippen molar-refractivity contribution in [3.8, 4) is 0 Å². The quantitative estimate of drug-likeness (QED) is 0.210. The number of carbonyl (C=O) groups is 10. The van der Waals surface area contributed by atoms with E-state index >= 15 is 0 Å². The third kappa shape index (κ3) is 9.35. The lowest BCUT2D eigenvalue weighted by Crippen LogP contribution is -2.43. The molecule has 0 aliphatic heterocycles. The Morgan fingerprint density at radius 2 is 0.500 bits per heavy atom. The lowest BCUT2D eigenvalue weighted by Gasteiger charge is -2.13. The summed E-state index contributed by atoms with van der Waals surface area (Å²) >= 11 is 0. The molecule has 20 nitrogen and oxygen atoms in total. The molecule has 0 aromatic rings. The van der Waals surface area contributed by atoms with Gasteiger partial charge in [0.25, 0.3) is 0 Å². The van der Waals surface area contributed by atoms with E-state index in [1.165, 1.54) is 0 Å². The maximum atomic E-state index is 11.5. The van der Waals surface area contributed by atoms with Gasteiger partial charge in [0.15, 0.2) is 0 Å². The SMILES string of the molecule is O=C(O)C(=O)OB(OC(=O)C(=O)O)OC(=O)C(=O)OB(OC(=O)C(=O)O)OC(=O)C(=O)O. The second-order valence-electron chi connectivity index (χ2n) is 4.23. The average molecular weight is 466 g/mol. The molecule has 170 valence electrons. The first-order valence-corrected chi connectivity index (χ1v) is 6.82. The van der Waals surface area contributed by atoms with Gasteiger partial charge in [-0.2, -0.15) is 0 Å². The van der Waals surface area contributed by atoms with Crippen molar-refractivity contribution in [2.45, 2.75) is 0 Å². The van der Waals surface area contributed by atoms with Gasteiger partial charge in [0.2, 0.25) is 0 Å². The van der Waals surface area contributed by atoms with Crippen LogP contribution in [0.1, 0.15) is 0 Å². The summed E-state index contributed by atoms with van der Waals surface area (Å²) in [5.74, 6) is -23.6. The minimum absolute atomic E-state index is 2.29. The van der Waals surface area contributed by atoms with Crippen LogP contribution in [-0.4, -0.2) is 94.8 Å². The molecular formula is C10H4B2O20. The molecule has 4 N–H and O–H groups in total. The van der Waals surface area contributed by atoms with E-state index in [1.54, 1.807) is 0 Å². The molecule has 0 radical (unpaired) electrons. The summed E-state index contributed by atoms with van der Waals surface area (Å²) in [6, 6.07) is 0. The Balaban J connectivity index is 5.43. The van der Waals surface area contributed by atoms with Gasteiger partial charge < -0.3 is 48.4 Å². The van der Waals surface area contributed by atoms with Crippen LogP contribution in [0.5, 0.6) is 0 Å². The fourth-order valence-corrected chi connectivity index (χ4v) is 0.967. The summed E-state index contributed by atoms with van der Waals surface area (Å²) in [5, 5.41) is 33.4. The first-order chi connectivity index (χ1) is 14.6. The molecule has 0 spiro atoms. The third-order valence-electron chi connectivity index (χ3n) is 2.08. The van der Waals surface area contributed by atoms with E-state index in [-0.39, 0.29) is 0 Å². The number of hydrogen-bond acceptors (Lipinski definition) is 16.